The second-order valence-electron chi connectivity index (χ2n) is 8.83. The number of hydrogen-bond donors (Lipinski definition) is 0. The van der Waals surface area contributed by atoms with Crippen LogP contribution in [0.2, 0.25) is 0 Å². The first-order chi connectivity index (χ1) is 18.3. The van der Waals surface area contributed by atoms with Gasteiger partial charge in [-0.2, -0.15) is 0 Å². The third-order valence-electron chi connectivity index (χ3n) is 6.27. The van der Waals surface area contributed by atoms with Crippen molar-refractivity contribution in [1.29, 1.82) is 0 Å². The first-order valence-electron chi connectivity index (χ1n) is 11.7. The molecular weight excluding hydrogens is 794 g/mol. The maximum Gasteiger partial charge on any atom is 0.294 e. The summed E-state index contributed by atoms with van der Waals surface area (Å²) in [6.45, 7) is 1.26. The third kappa shape index (κ3) is 6.28. The van der Waals surface area contributed by atoms with Gasteiger partial charge in [-0.1, -0.05) is 52.3 Å². The number of fused-ring (bicyclic) bond motifs is 1. The largest absolute Gasteiger partial charge is 0.487 e. The van der Waals surface area contributed by atoms with Crippen LogP contribution in [0.15, 0.2) is 70.0 Å². The van der Waals surface area contributed by atoms with Gasteiger partial charge < -0.3 is 9.64 Å². The number of hydrogen-bond acceptors (Lipinski definition) is 5. The second kappa shape index (κ2) is 12.1. The zero-order chi connectivity index (χ0) is 26.8. The Kier molecular flexibility index (Phi) is 8.80. The molecule has 0 spiro atoms. The quantitative estimate of drug-likeness (QED) is 0.201. The Morgan fingerprint density at radius 3 is 2.42 bits per heavy atom. The van der Waals surface area contributed by atoms with Gasteiger partial charge in [0.15, 0.2) is 0 Å². The molecule has 3 amide bonds. The van der Waals surface area contributed by atoms with E-state index in [4.69, 9.17) is 4.74 Å². The lowest BCUT2D eigenvalue weighted by Crippen LogP contribution is -2.44. The zero-order valence-electron chi connectivity index (χ0n) is 20.0. The normalized spacial score (nSPS) is 16.2. The van der Waals surface area contributed by atoms with Gasteiger partial charge in [0.1, 0.15) is 18.9 Å². The van der Waals surface area contributed by atoms with E-state index in [-0.39, 0.29) is 12.5 Å². The van der Waals surface area contributed by atoms with Crippen LogP contribution in [0, 0.1) is 7.14 Å². The van der Waals surface area contributed by atoms with Crippen molar-refractivity contribution in [2.24, 2.45) is 0 Å². The molecule has 2 heterocycles. The summed E-state index contributed by atoms with van der Waals surface area (Å²) in [6, 6.07) is 19.8. The molecule has 5 rings (SSSR count). The number of rotatable bonds is 6. The summed E-state index contributed by atoms with van der Waals surface area (Å²) < 4.78 is 8.89. The number of benzene rings is 3. The van der Waals surface area contributed by atoms with E-state index in [2.05, 4.69) is 67.2 Å². The number of imide groups is 1. The van der Waals surface area contributed by atoms with E-state index < -0.39 is 11.1 Å². The summed E-state index contributed by atoms with van der Waals surface area (Å²) in [5.74, 6) is 0.110. The number of ether oxygens (including phenoxy) is 1. The molecule has 0 aromatic heterocycles. The second-order valence-corrected chi connectivity index (χ2v) is 13.1. The van der Waals surface area contributed by atoms with Crippen LogP contribution in [0.1, 0.15) is 22.3 Å². The standard InChI is InChI=1S/C28H21BrI2N2O4S/c29-21-7-5-17(6-8-21)16-37-26-22(30)11-18(12-23(26)31)13-24-27(35)33(28(36)38-24)15-25(34)32-10-9-19-3-1-2-4-20(19)14-32/h1-8,11-13H,9-10,14-16H2/b24-13-. The molecule has 3 aromatic rings. The first-order valence-corrected chi connectivity index (χ1v) is 15.5. The highest BCUT2D eigenvalue weighted by Crippen LogP contribution is 2.35. The average molecular weight is 815 g/mol. The summed E-state index contributed by atoms with van der Waals surface area (Å²) in [5.41, 5.74) is 4.19. The van der Waals surface area contributed by atoms with Crippen LogP contribution >= 0.6 is 72.9 Å². The van der Waals surface area contributed by atoms with E-state index in [1.807, 2.05) is 54.6 Å². The molecule has 0 bridgehead atoms. The van der Waals surface area contributed by atoms with E-state index in [9.17, 15) is 14.4 Å². The van der Waals surface area contributed by atoms with Crippen molar-refractivity contribution in [3.63, 3.8) is 0 Å². The molecule has 2 aliphatic heterocycles. The molecule has 6 nitrogen and oxygen atoms in total. The Labute approximate surface area is 260 Å². The summed E-state index contributed by atoms with van der Waals surface area (Å²) in [5, 5.41) is -0.425. The fourth-order valence-electron chi connectivity index (χ4n) is 4.27. The van der Waals surface area contributed by atoms with Crippen LogP contribution in [-0.2, 0) is 29.2 Å². The first kappa shape index (κ1) is 27.7. The number of halogens is 3. The average Bonchev–Trinajstić information content (AvgIpc) is 3.16. The lowest BCUT2D eigenvalue weighted by Gasteiger charge is -2.29. The van der Waals surface area contributed by atoms with Crippen molar-refractivity contribution in [3.8, 4) is 5.75 Å². The van der Waals surface area contributed by atoms with Crippen molar-refractivity contribution in [2.45, 2.75) is 19.6 Å². The summed E-state index contributed by atoms with van der Waals surface area (Å²) in [7, 11) is 0. The Balaban J connectivity index is 1.25. The molecule has 0 aliphatic carbocycles. The minimum atomic E-state index is -0.439. The molecule has 0 atom stereocenters. The molecular formula is C28H21BrI2N2O4S. The minimum Gasteiger partial charge on any atom is -0.487 e. The molecule has 1 saturated heterocycles. The number of carbonyl (C=O) groups excluding carboxylic acids is 3. The van der Waals surface area contributed by atoms with Crippen LogP contribution in [0.4, 0.5) is 4.79 Å². The molecule has 2 aliphatic rings. The van der Waals surface area contributed by atoms with E-state index in [1.54, 1.807) is 11.0 Å². The van der Waals surface area contributed by atoms with E-state index in [1.165, 1.54) is 5.56 Å². The van der Waals surface area contributed by atoms with Gasteiger partial charge >= 0.3 is 0 Å². The van der Waals surface area contributed by atoms with Gasteiger partial charge in [-0.05, 0) is 116 Å². The third-order valence-corrected chi connectivity index (χ3v) is 9.30. The number of thioether (sulfide) groups is 1. The smallest absolute Gasteiger partial charge is 0.294 e. The minimum absolute atomic E-state index is 0.223. The highest BCUT2D eigenvalue weighted by Gasteiger charge is 2.37. The fourth-order valence-corrected chi connectivity index (χ4v) is 7.50. The predicted octanol–water partition coefficient (Wildman–Crippen LogP) is 6.86. The SMILES string of the molecule is O=C(CN1C(=O)S/C(=C\c2cc(I)c(OCc3ccc(Br)cc3)c(I)c2)C1=O)N1CCc2ccccc2C1. The van der Waals surface area contributed by atoms with E-state index >= 15 is 0 Å². The number of carbonyl (C=O) groups is 3. The van der Waals surface area contributed by atoms with Crippen LogP contribution in [0.5, 0.6) is 5.75 Å². The topological polar surface area (TPSA) is 66.9 Å². The monoisotopic (exact) mass is 814 g/mol. The van der Waals surface area contributed by atoms with Gasteiger partial charge in [0.05, 0.1) is 12.0 Å². The molecule has 0 unspecified atom stereocenters. The van der Waals surface area contributed by atoms with Crippen LogP contribution in [-0.4, -0.2) is 39.9 Å². The molecule has 38 heavy (non-hydrogen) atoms. The van der Waals surface area contributed by atoms with E-state index in [0.717, 1.165) is 57.1 Å². The lowest BCUT2D eigenvalue weighted by molar-refractivity contribution is -0.136. The molecule has 0 radical (unpaired) electrons. The molecule has 0 N–H and O–H groups in total. The van der Waals surface area contributed by atoms with Gasteiger partial charge in [-0.3, -0.25) is 19.3 Å². The fraction of sp³-hybridized carbons (Fsp3) is 0.179. The van der Waals surface area contributed by atoms with Crippen molar-refractivity contribution >= 4 is 96.0 Å². The molecule has 194 valence electrons. The van der Waals surface area contributed by atoms with Gasteiger partial charge in [-0.15, -0.1) is 0 Å². The maximum absolute atomic E-state index is 13.1. The Morgan fingerprint density at radius 2 is 1.71 bits per heavy atom. The van der Waals surface area contributed by atoms with Crippen LogP contribution in [0.3, 0.4) is 0 Å². The Hall–Kier alpha value is -1.90. The van der Waals surface area contributed by atoms with Gasteiger partial charge in [-0.25, -0.2) is 0 Å². The lowest BCUT2D eigenvalue weighted by atomic mass is 10.00. The summed E-state index contributed by atoms with van der Waals surface area (Å²) >= 11 is 8.73. The highest BCUT2D eigenvalue weighted by molar-refractivity contribution is 14.1. The maximum atomic E-state index is 13.1. The summed E-state index contributed by atoms with van der Waals surface area (Å²) in [4.78, 5) is 41.8. The number of amides is 3. The van der Waals surface area contributed by atoms with Crippen LogP contribution in [0.25, 0.3) is 6.08 Å². The Morgan fingerprint density at radius 1 is 1.03 bits per heavy atom. The van der Waals surface area contributed by atoms with Crippen molar-refractivity contribution in [3.05, 3.63) is 99.4 Å². The summed E-state index contributed by atoms with van der Waals surface area (Å²) in [6.07, 6.45) is 2.47. The van der Waals surface area contributed by atoms with Crippen molar-refractivity contribution < 1.29 is 19.1 Å². The van der Waals surface area contributed by atoms with Gasteiger partial charge in [0, 0.05) is 17.6 Å². The molecule has 10 heteroatoms. The number of nitrogens with zero attached hydrogens (tertiary/aromatic N) is 2. The molecule has 1 fully saturated rings. The van der Waals surface area contributed by atoms with Gasteiger partial charge in [0.2, 0.25) is 5.91 Å². The molecule has 0 saturated carbocycles. The zero-order valence-corrected chi connectivity index (χ0v) is 26.7. The Bertz CT molecular complexity index is 1440. The van der Waals surface area contributed by atoms with Crippen molar-refractivity contribution in [1.82, 2.24) is 9.80 Å². The molecule has 3 aromatic carbocycles. The van der Waals surface area contributed by atoms with Gasteiger partial charge in [0.25, 0.3) is 11.1 Å². The van der Waals surface area contributed by atoms with Crippen LogP contribution < -0.4 is 4.74 Å². The van der Waals surface area contributed by atoms with E-state index in [0.29, 0.717) is 24.6 Å². The van der Waals surface area contributed by atoms with Crippen molar-refractivity contribution in [2.75, 3.05) is 13.1 Å². The highest BCUT2D eigenvalue weighted by atomic mass is 127. The predicted molar refractivity (Wildman–Crippen MR) is 169 cm³/mol.